The molecule has 1 aliphatic rings. The van der Waals surface area contributed by atoms with Crippen LogP contribution >= 0.6 is 0 Å². The van der Waals surface area contributed by atoms with Crippen molar-refractivity contribution < 1.29 is 4.74 Å². The highest BCUT2D eigenvalue weighted by Crippen LogP contribution is 2.29. The van der Waals surface area contributed by atoms with Crippen LogP contribution in [0.4, 0.5) is 0 Å². The fourth-order valence-corrected chi connectivity index (χ4v) is 3.38. The Balaban J connectivity index is 1.86. The van der Waals surface area contributed by atoms with Crippen LogP contribution in [0.2, 0.25) is 0 Å². The lowest BCUT2D eigenvalue weighted by Crippen LogP contribution is -2.31. The second kappa shape index (κ2) is 8.31. The van der Waals surface area contributed by atoms with Gasteiger partial charge in [-0.15, -0.1) is 0 Å². The summed E-state index contributed by atoms with van der Waals surface area (Å²) in [5.74, 6) is 1.95. The second-order valence-corrected chi connectivity index (χ2v) is 6.04. The fourth-order valence-electron chi connectivity index (χ4n) is 3.38. The van der Waals surface area contributed by atoms with Gasteiger partial charge in [0, 0.05) is 6.04 Å². The molecule has 20 heavy (non-hydrogen) atoms. The summed E-state index contributed by atoms with van der Waals surface area (Å²) in [6.45, 7) is 3.26. The Bertz CT molecular complexity index is 385. The summed E-state index contributed by atoms with van der Waals surface area (Å²) in [5, 5.41) is 3.65. The Morgan fingerprint density at radius 1 is 1.30 bits per heavy atom. The van der Waals surface area contributed by atoms with Crippen LogP contribution in [0.3, 0.4) is 0 Å². The van der Waals surface area contributed by atoms with Crippen LogP contribution in [-0.4, -0.2) is 19.7 Å². The molecule has 1 aliphatic carbocycles. The van der Waals surface area contributed by atoms with E-state index in [4.69, 9.17) is 4.74 Å². The standard InChI is InChI=1S/C18H29NO/c1-3-19-17(12-11-15-7-4-5-8-15)13-16-9-6-10-18(14-16)20-2/h6,9-10,14-15,17,19H,3-5,7-8,11-13H2,1-2H3. The van der Waals surface area contributed by atoms with Crippen molar-refractivity contribution >= 4 is 0 Å². The SMILES string of the molecule is CCNC(CCC1CCCC1)Cc1cccc(OC)c1. The topological polar surface area (TPSA) is 21.3 Å². The van der Waals surface area contributed by atoms with Gasteiger partial charge in [-0.3, -0.25) is 0 Å². The molecule has 0 aliphatic heterocycles. The highest BCUT2D eigenvalue weighted by molar-refractivity contribution is 5.28. The maximum absolute atomic E-state index is 5.32. The van der Waals surface area contributed by atoms with Crippen molar-refractivity contribution in [3.05, 3.63) is 29.8 Å². The van der Waals surface area contributed by atoms with E-state index in [1.54, 1.807) is 7.11 Å². The molecule has 2 nitrogen and oxygen atoms in total. The lowest BCUT2D eigenvalue weighted by atomic mass is 9.95. The van der Waals surface area contributed by atoms with E-state index in [2.05, 4.69) is 30.4 Å². The fraction of sp³-hybridized carbons (Fsp3) is 0.667. The van der Waals surface area contributed by atoms with Gasteiger partial charge in [0.05, 0.1) is 7.11 Å². The summed E-state index contributed by atoms with van der Waals surface area (Å²) in [6.07, 6.45) is 9.62. The van der Waals surface area contributed by atoms with Gasteiger partial charge in [-0.1, -0.05) is 44.7 Å². The lowest BCUT2D eigenvalue weighted by Gasteiger charge is -2.20. The van der Waals surface area contributed by atoms with Gasteiger partial charge in [0.15, 0.2) is 0 Å². The summed E-state index contributed by atoms with van der Waals surface area (Å²) in [7, 11) is 1.74. The van der Waals surface area contributed by atoms with Crippen LogP contribution in [0.5, 0.6) is 5.75 Å². The maximum Gasteiger partial charge on any atom is 0.119 e. The number of nitrogens with one attached hydrogen (secondary N) is 1. The minimum atomic E-state index is 0.604. The molecule has 0 spiro atoms. The summed E-state index contributed by atoms with van der Waals surface area (Å²) in [6, 6.07) is 9.09. The third-order valence-corrected chi connectivity index (χ3v) is 4.51. The molecule has 1 unspecified atom stereocenters. The largest absolute Gasteiger partial charge is 0.497 e. The molecule has 0 saturated heterocycles. The van der Waals surface area contributed by atoms with E-state index < -0.39 is 0 Å². The molecule has 0 bridgehead atoms. The highest BCUT2D eigenvalue weighted by atomic mass is 16.5. The first-order valence-electron chi connectivity index (χ1n) is 8.18. The van der Waals surface area contributed by atoms with Gasteiger partial charge in [-0.05, 0) is 49.4 Å². The number of likely N-dealkylation sites (N-methyl/N-ethyl adjacent to an activating group) is 1. The number of benzene rings is 1. The zero-order valence-corrected chi connectivity index (χ0v) is 13.0. The van der Waals surface area contributed by atoms with E-state index in [1.165, 1.54) is 44.1 Å². The zero-order valence-electron chi connectivity index (χ0n) is 13.0. The first-order chi connectivity index (χ1) is 9.81. The van der Waals surface area contributed by atoms with Crippen LogP contribution < -0.4 is 10.1 Å². The van der Waals surface area contributed by atoms with Crippen molar-refractivity contribution in [3.8, 4) is 5.75 Å². The Kier molecular flexibility index (Phi) is 6.38. The van der Waals surface area contributed by atoms with Gasteiger partial charge in [0.25, 0.3) is 0 Å². The number of rotatable bonds is 8. The van der Waals surface area contributed by atoms with Crippen molar-refractivity contribution in [2.75, 3.05) is 13.7 Å². The van der Waals surface area contributed by atoms with E-state index in [-0.39, 0.29) is 0 Å². The molecular formula is C18H29NO. The lowest BCUT2D eigenvalue weighted by molar-refractivity contribution is 0.403. The molecule has 1 atom stereocenters. The van der Waals surface area contributed by atoms with E-state index in [9.17, 15) is 0 Å². The Morgan fingerprint density at radius 3 is 2.80 bits per heavy atom. The minimum absolute atomic E-state index is 0.604. The van der Waals surface area contributed by atoms with Crippen LogP contribution in [0.25, 0.3) is 0 Å². The van der Waals surface area contributed by atoms with Crippen LogP contribution in [0.1, 0.15) is 51.0 Å². The normalized spacial score (nSPS) is 17.3. The van der Waals surface area contributed by atoms with Crippen LogP contribution in [0.15, 0.2) is 24.3 Å². The smallest absolute Gasteiger partial charge is 0.119 e. The molecule has 2 heteroatoms. The summed E-state index contributed by atoms with van der Waals surface area (Å²) in [5.41, 5.74) is 1.38. The molecule has 2 rings (SSSR count). The van der Waals surface area contributed by atoms with Crippen molar-refractivity contribution in [2.24, 2.45) is 5.92 Å². The number of hydrogen-bond donors (Lipinski definition) is 1. The molecule has 1 aromatic rings. The van der Waals surface area contributed by atoms with E-state index in [0.29, 0.717) is 6.04 Å². The average Bonchev–Trinajstić information content (AvgIpc) is 2.98. The van der Waals surface area contributed by atoms with Gasteiger partial charge >= 0.3 is 0 Å². The number of hydrogen-bond acceptors (Lipinski definition) is 2. The predicted molar refractivity (Wildman–Crippen MR) is 85.4 cm³/mol. The summed E-state index contributed by atoms with van der Waals surface area (Å²) < 4.78 is 5.32. The molecule has 1 aromatic carbocycles. The molecule has 0 radical (unpaired) electrons. The van der Waals surface area contributed by atoms with Crippen molar-refractivity contribution in [1.82, 2.24) is 5.32 Å². The average molecular weight is 275 g/mol. The molecule has 1 N–H and O–H groups in total. The maximum atomic E-state index is 5.32. The monoisotopic (exact) mass is 275 g/mol. The van der Waals surface area contributed by atoms with E-state index in [1.807, 2.05) is 6.07 Å². The van der Waals surface area contributed by atoms with Crippen molar-refractivity contribution in [3.63, 3.8) is 0 Å². The molecular weight excluding hydrogens is 246 g/mol. The Morgan fingerprint density at radius 2 is 2.10 bits per heavy atom. The second-order valence-electron chi connectivity index (χ2n) is 6.04. The molecule has 0 heterocycles. The van der Waals surface area contributed by atoms with Gasteiger partial charge in [0.2, 0.25) is 0 Å². The van der Waals surface area contributed by atoms with Gasteiger partial charge in [0.1, 0.15) is 5.75 Å². The van der Waals surface area contributed by atoms with Gasteiger partial charge < -0.3 is 10.1 Å². The predicted octanol–water partition coefficient (Wildman–Crippen LogP) is 4.19. The van der Waals surface area contributed by atoms with E-state index >= 15 is 0 Å². The Hall–Kier alpha value is -1.02. The van der Waals surface area contributed by atoms with Gasteiger partial charge in [-0.2, -0.15) is 0 Å². The molecule has 0 amide bonds. The molecule has 0 aromatic heterocycles. The summed E-state index contributed by atoms with van der Waals surface area (Å²) in [4.78, 5) is 0. The molecule has 1 fully saturated rings. The third-order valence-electron chi connectivity index (χ3n) is 4.51. The van der Waals surface area contributed by atoms with Crippen LogP contribution in [0, 0.1) is 5.92 Å². The van der Waals surface area contributed by atoms with E-state index in [0.717, 1.165) is 24.6 Å². The number of methoxy groups -OCH3 is 1. The van der Waals surface area contributed by atoms with Crippen molar-refractivity contribution in [2.45, 2.75) is 57.9 Å². The van der Waals surface area contributed by atoms with Gasteiger partial charge in [-0.25, -0.2) is 0 Å². The van der Waals surface area contributed by atoms with Crippen LogP contribution in [-0.2, 0) is 6.42 Å². The summed E-state index contributed by atoms with van der Waals surface area (Å²) >= 11 is 0. The molecule has 1 saturated carbocycles. The Labute approximate surface area is 123 Å². The third kappa shape index (κ3) is 4.82. The van der Waals surface area contributed by atoms with Crippen molar-refractivity contribution in [1.29, 1.82) is 0 Å². The molecule has 112 valence electrons. The number of ether oxygens (including phenoxy) is 1. The first-order valence-corrected chi connectivity index (χ1v) is 8.18. The first kappa shape index (κ1) is 15.4. The minimum Gasteiger partial charge on any atom is -0.497 e. The zero-order chi connectivity index (χ0) is 14.2. The highest BCUT2D eigenvalue weighted by Gasteiger charge is 2.17. The quantitative estimate of drug-likeness (QED) is 0.768.